The second kappa shape index (κ2) is 4.75. The number of anilines is 2. The number of hydrogen-bond donors (Lipinski definition) is 1. The summed E-state index contributed by atoms with van der Waals surface area (Å²) < 4.78 is 0. The Morgan fingerprint density at radius 3 is 2.33 bits per heavy atom. The molecule has 1 unspecified atom stereocenters. The molecular formula is C12H19ClN2. The van der Waals surface area contributed by atoms with E-state index in [4.69, 9.17) is 17.3 Å². The molecule has 0 aromatic heterocycles. The molecule has 0 saturated carbocycles. The predicted molar refractivity (Wildman–Crippen MR) is 68.6 cm³/mol. The zero-order chi connectivity index (χ0) is 11.6. The van der Waals surface area contributed by atoms with Gasteiger partial charge in [0.25, 0.3) is 0 Å². The van der Waals surface area contributed by atoms with Crippen LogP contribution in [-0.2, 0) is 0 Å². The van der Waals surface area contributed by atoms with Crippen molar-refractivity contribution in [2.45, 2.75) is 26.8 Å². The Bertz CT molecular complexity index is 336. The summed E-state index contributed by atoms with van der Waals surface area (Å²) in [6, 6.07) is 6.09. The third-order valence-electron chi connectivity index (χ3n) is 2.93. The van der Waals surface area contributed by atoms with Crippen LogP contribution >= 0.6 is 11.6 Å². The quantitative estimate of drug-likeness (QED) is 0.801. The van der Waals surface area contributed by atoms with E-state index in [1.54, 1.807) is 6.07 Å². The minimum absolute atomic E-state index is 0.450. The smallest absolute Gasteiger partial charge is 0.0660 e. The van der Waals surface area contributed by atoms with E-state index in [1.807, 2.05) is 12.1 Å². The van der Waals surface area contributed by atoms with Crippen molar-refractivity contribution in [3.8, 4) is 0 Å². The molecule has 3 heteroatoms. The van der Waals surface area contributed by atoms with Gasteiger partial charge in [0.15, 0.2) is 0 Å². The maximum Gasteiger partial charge on any atom is 0.0660 e. The maximum atomic E-state index is 6.15. The molecule has 1 aromatic carbocycles. The van der Waals surface area contributed by atoms with Crippen molar-refractivity contribution in [3.63, 3.8) is 0 Å². The number of nitrogens with two attached hydrogens (primary N) is 1. The lowest BCUT2D eigenvalue weighted by molar-refractivity contribution is 0.505. The Morgan fingerprint density at radius 1 is 1.27 bits per heavy atom. The van der Waals surface area contributed by atoms with Crippen LogP contribution in [-0.4, -0.2) is 13.1 Å². The minimum Gasteiger partial charge on any atom is -0.399 e. The molecule has 15 heavy (non-hydrogen) atoms. The summed E-state index contributed by atoms with van der Waals surface area (Å²) in [4.78, 5) is 2.19. The van der Waals surface area contributed by atoms with Crippen molar-refractivity contribution in [1.82, 2.24) is 0 Å². The van der Waals surface area contributed by atoms with Crippen molar-refractivity contribution in [2.75, 3.05) is 17.7 Å². The van der Waals surface area contributed by atoms with Crippen molar-refractivity contribution < 1.29 is 0 Å². The molecule has 0 bridgehead atoms. The van der Waals surface area contributed by atoms with Crippen molar-refractivity contribution >= 4 is 23.0 Å². The van der Waals surface area contributed by atoms with E-state index < -0.39 is 0 Å². The van der Waals surface area contributed by atoms with Gasteiger partial charge < -0.3 is 10.6 Å². The first-order valence-corrected chi connectivity index (χ1v) is 5.59. The molecule has 0 amide bonds. The van der Waals surface area contributed by atoms with Crippen LogP contribution in [0.1, 0.15) is 20.8 Å². The van der Waals surface area contributed by atoms with Crippen LogP contribution in [0.3, 0.4) is 0 Å². The highest BCUT2D eigenvalue weighted by molar-refractivity contribution is 6.33. The molecule has 0 fully saturated rings. The minimum atomic E-state index is 0.450. The Balaban J connectivity index is 2.96. The average molecular weight is 227 g/mol. The highest BCUT2D eigenvalue weighted by Crippen LogP contribution is 2.29. The monoisotopic (exact) mass is 226 g/mol. The van der Waals surface area contributed by atoms with Gasteiger partial charge in [-0.25, -0.2) is 0 Å². The molecule has 0 spiro atoms. The van der Waals surface area contributed by atoms with Crippen LogP contribution in [0.2, 0.25) is 5.02 Å². The van der Waals surface area contributed by atoms with Crippen LogP contribution in [0.15, 0.2) is 18.2 Å². The topological polar surface area (TPSA) is 29.3 Å². The second-order valence-electron chi connectivity index (χ2n) is 4.31. The van der Waals surface area contributed by atoms with Gasteiger partial charge in [-0.1, -0.05) is 25.4 Å². The van der Waals surface area contributed by atoms with Crippen LogP contribution < -0.4 is 10.6 Å². The normalized spacial score (nSPS) is 12.9. The Labute approximate surface area is 97.0 Å². The molecule has 0 heterocycles. The summed E-state index contributed by atoms with van der Waals surface area (Å²) >= 11 is 6.15. The summed E-state index contributed by atoms with van der Waals surface area (Å²) in [7, 11) is 2.06. The Morgan fingerprint density at radius 2 is 1.87 bits per heavy atom. The zero-order valence-corrected chi connectivity index (χ0v) is 10.5. The van der Waals surface area contributed by atoms with Gasteiger partial charge >= 0.3 is 0 Å². The number of halogens is 1. The molecule has 2 nitrogen and oxygen atoms in total. The first-order chi connectivity index (χ1) is 6.93. The van der Waals surface area contributed by atoms with Gasteiger partial charge in [0.1, 0.15) is 0 Å². The molecular weight excluding hydrogens is 208 g/mol. The summed E-state index contributed by atoms with van der Waals surface area (Å²) in [6.45, 7) is 6.59. The molecule has 1 aromatic rings. The number of nitrogen functional groups attached to an aromatic ring is 1. The first-order valence-electron chi connectivity index (χ1n) is 5.21. The highest BCUT2D eigenvalue weighted by atomic mass is 35.5. The molecule has 1 rings (SSSR count). The van der Waals surface area contributed by atoms with Gasteiger partial charge in [-0.3, -0.25) is 0 Å². The first kappa shape index (κ1) is 12.2. The standard InChI is InChI=1S/C12H19ClN2/c1-8(2)9(3)15(4)12-6-5-10(14)7-11(12)13/h5-9H,14H2,1-4H3. The van der Waals surface area contributed by atoms with E-state index in [9.17, 15) is 0 Å². The van der Waals surface area contributed by atoms with E-state index >= 15 is 0 Å². The largest absolute Gasteiger partial charge is 0.399 e. The zero-order valence-electron chi connectivity index (χ0n) is 9.79. The van der Waals surface area contributed by atoms with Crippen LogP contribution in [0, 0.1) is 5.92 Å². The fourth-order valence-corrected chi connectivity index (χ4v) is 1.80. The maximum absolute atomic E-state index is 6.15. The van der Waals surface area contributed by atoms with E-state index in [0.29, 0.717) is 22.7 Å². The second-order valence-corrected chi connectivity index (χ2v) is 4.71. The van der Waals surface area contributed by atoms with Crippen LogP contribution in [0.5, 0.6) is 0 Å². The molecule has 1 atom stereocenters. The molecule has 2 N–H and O–H groups in total. The number of nitrogens with zero attached hydrogens (tertiary/aromatic N) is 1. The van der Waals surface area contributed by atoms with Gasteiger partial charge in [0, 0.05) is 18.8 Å². The number of benzene rings is 1. The Hall–Kier alpha value is -0.890. The number of rotatable bonds is 3. The van der Waals surface area contributed by atoms with Crippen molar-refractivity contribution in [2.24, 2.45) is 5.92 Å². The highest BCUT2D eigenvalue weighted by Gasteiger charge is 2.15. The van der Waals surface area contributed by atoms with E-state index in [0.717, 1.165) is 5.69 Å². The van der Waals surface area contributed by atoms with E-state index in [1.165, 1.54) is 0 Å². The molecule has 0 aliphatic heterocycles. The van der Waals surface area contributed by atoms with E-state index in [2.05, 4.69) is 32.7 Å². The van der Waals surface area contributed by atoms with Gasteiger partial charge in [0.2, 0.25) is 0 Å². The summed E-state index contributed by atoms with van der Waals surface area (Å²) in [6.07, 6.45) is 0. The average Bonchev–Trinajstić information content (AvgIpc) is 2.15. The third kappa shape index (κ3) is 2.78. The number of hydrogen-bond acceptors (Lipinski definition) is 2. The van der Waals surface area contributed by atoms with Gasteiger partial charge in [0.05, 0.1) is 10.7 Å². The van der Waals surface area contributed by atoms with Gasteiger partial charge in [-0.05, 0) is 31.0 Å². The van der Waals surface area contributed by atoms with Gasteiger partial charge in [-0.15, -0.1) is 0 Å². The third-order valence-corrected chi connectivity index (χ3v) is 3.23. The summed E-state index contributed by atoms with van der Waals surface area (Å²) in [5, 5.41) is 0.713. The summed E-state index contributed by atoms with van der Waals surface area (Å²) in [5.74, 6) is 0.587. The molecule has 0 aliphatic rings. The predicted octanol–water partition coefficient (Wildman–Crippen LogP) is 3.40. The lowest BCUT2D eigenvalue weighted by Gasteiger charge is -2.30. The SMILES string of the molecule is CC(C)C(C)N(C)c1ccc(N)cc1Cl. The molecule has 0 aliphatic carbocycles. The summed E-state index contributed by atoms with van der Waals surface area (Å²) in [5.41, 5.74) is 7.40. The Kier molecular flexibility index (Phi) is 3.86. The van der Waals surface area contributed by atoms with Crippen LogP contribution in [0.4, 0.5) is 11.4 Å². The fraction of sp³-hybridized carbons (Fsp3) is 0.500. The van der Waals surface area contributed by atoms with Crippen LogP contribution in [0.25, 0.3) is 0 Å². The lowest BCUT2D eigenvalue weighted by Crippen LogP contribution is -2.33. The van der Waals surface area contributed by atoms with E-state index in [-0.39, 0.29) is 0 Å². The molecule has 0 radical (unpaired) electrons. The fourth-order valence-electron chi connectivity index (χ4n) is 1.48. The van der Waals surface area contributed by atoms with Crippen molar-refractivity contribution in [3.05, 3.63) is 23.2 Å². The molecule has 84 valence electrons. The van der Waals surface area contributed by atoms with Gasteiger partial charge in [-0.2, -0.15) is 0 Å². The lowest BCUT2D eigenvalue weighted by atomic mass is 10.0. The molecule has 0 saturated heterocycles. The van der Waals surface area contributed by atoms with Crippen molar-refractivity contribution in [1.29, 1.82) is 0 Å².